The lowest BCUT2D eigenvalue weighted by Gasteiger charge is -2.45. The summed E-state index contributed by atoms with van der Waals surface area (Å²) in [6.45, 7) is 0.845. The van der Waals surface area contributed by atoms with E-state index in [-0.39, 0.29) is 11.8 Å². The topological polar surface area (TPSA) is 77.1 Å². The lowest BCUT2D eigenvalue weighted by molar-refractivity contribution is -0.124. The molecule has 0 radical (unpaired) electrons. The number of para-hydroxylation sites is 1. The summed E-state index contributed by atoms with van der Waals surface area (Å²) in [4.78, 5) is 29.2. The van der Waals surface area contributed by atoms with Crippen LogP contribution >= 0.6 is 0 Å². The number of nitrogens with zero attached hydrogens (tertiary/aromatic N) is 1. The monoisotopic (exact) mass is 472 g/mol. The molecule has 2 unspecified atom stereocenters. The van der Waals surface area contributed by atoms with Gasteiger partial charge < -0.3 is 24.4 Å². The van der Waals surface area contributed by atoms with Crippen LogP contribution in [0.25, 0.3) is 0 Å². The van der Waals surface area contributed by atoms with Crippen LogP contribution in [0.2, 0.25) is 0 Å². The molecular formula is C28H28N2O5. The predicted octanol–water partition coefficient (Wildman–Crippen LogP) is 3.87. The summed E-state index contributed by atoms with van der Waals surface area (Å²) in [7, 11) is 4.81. The second-order valence-electron chi connectivity index (χ2n) is 8.69. The summed E-state index contributed by atoms with van der Waals surface area (Å²) in [5, 5.41) is 3.10. The van der Waals surface area contributed by atoms with E-state index >= 15 is 0 Å². The fourth-order valence-electron chi connectivity index (χ4n) is 5.28. The van der Waals surface area contributed by atoms with Crippen molar-refractivity contribution in [1.29, 1.82) is 0 Å². The maximum absolute atomic E-state index is 13.8. The van der Waals surface area contributed by atoms with E-state index in [0.717, 1.165) is 22.3 Å². The summed E-state index contributed by atoms with van der Waals surface area (Å²) < 4.78 is 16.5. The van der Waals surface area contributed by atoms with Crippen molar-refractivity contribution in [1.82, 2.24) is 10.2 Å². The Balaban J connectivity index is 1.58. The SMILES string of the molecule is COc1ccccc1CNC(=O)C1c2ccccc2C(=O)N2CCc3cc(OC)c(OC)cc3C12. The minimum Gasteiger partial charge on any atom is -0.496 e. The molecule has 5 rings (SSSR count). The Morgan fingerprint density at radius 1 is 0.914 bits per heavy atom. The van der Waals surface area contributed by atoms with Crippen molar-refractivity contribution in [3.8, 4) is 17.2 Å². The Kier molecular flexibility index (Phi) is 6.07. The van der Waals surface area contributed by atoms with Crippen LogP contribution in [0.1, 0.15) is 44.6 Å². The molecule has 2 aliphatic rings. The molecule has 0 saturated carbocycles. The number of amides is 2. The van der Waals surface area contributed by atoms with Crippen LogP contribution in [-0.2, 0) is 17.8 Å². The second-order valence-corrected chi connectivity index (χ2v) is 8.69. The molecule has 3 aromatic rings. The van der Waals surface area contributed by atoms with Crippen molar-refractivity contribution in [2.75, 3.05) is 27.9 Å². The number of benzene rings is 3. The average molecular weight is 473 g/mol. The van der Waals surface area contributed by atoms with Crippen LogP contribution in [0.4, 0.5) is 0 Å². The van der Waals surface area contributed by atoms with E-state index in [1.807, 2.05) is 59.5 Å². The van der Waals surface area contributed by atoms with Crippen LogP contribution in [0.15, 0.2) is 60.7 Å². The molecule has 180 valence electrons. The lowest BCUT2D eigenvalue weighted by Crippen LogP contribution is -2.50. The molecule has 7 nitrogen and oxygen atoms in total. The van der Waals surface area contributed by atoms with E-state index in [1.54, 1.807) is 27.4 Å². The molecule has 3 aromatic carbocycles. The second kappa shape index (κ2) is 9.33. The van der Waals surface area contributed by atoms with Crippen molar-refractivity contribution in [2.45, 2.75) is 24.9 Å². The Labute approximate surface area is 204 Å². The standard InChI is InChI=1S/C28H28N2O5/c1-33-22-11-7-4-8-18(22)16-29-27(31)25-19-9-5-6-10-20(19)28(32)30-13-12-17-14-23(34-2)24(35-3)15-21(17)26(25)30/h4-11,14-15,25-26H,12-13,16H2,1-3H3,(H,29,31). The summed E-state index contributed by atoms with van der Waals surface area (Å²) in [5.41, 5.74) is 4.16. The Bertz CT molecular complexity index is 1290. The quantitative estimate of drug-likeness (QED) is 0.590. The smallest absolute Gasteiger partial charge is 0.254 e. The predicted molar refractivity (Wildman–Crippen MR) is 131 cm³/mol. The summed E-state index contributed by atoms with van der Waals surface area (Å²) >= 11 is 0. The molecule has 0 aliphatic carbocycles. The van der Waals surface area contributed by atoms with Gasteiger partial charge in [0.05, 0.1) is 33.3 Å². The molecule has 7 heteroatoms. The largest absolute Gasteiger partial charge is 0.496 e. The Morgan fingerprint density at radius 2 is 1.60 bits per heavy atom. The normalized spacial score (nSPS) is 18.1. The highest BCUT2D eigenvalue weighted by molar-refractivity contribution is 6.01. The number of hydrogen-bond donors (Lipinski definition) is 1. The minimum atomic E-state index is -0.573. The van der Waals surface area contributed by atoms with Gasteiger partial charge in [0.2, 0.25) is 5.91 Å². The van der Waals surface area contributed by atoms with Gasteiger partial charge in [-0.1, -0.05) is 36.4 Å². The molecule has 0 aromatic heterocycles. The van der Waals surface area contributed by atoms with Crippen LogP contribution in [0, 0.1) is 0 Å². The summed E-state index contributed by atoms with van der Waals surface area (Å²) in [6, 6.07) is 18.4. The van der Waals surface area contributed by atoms with Crippen LogP contribution in [0.5, 0.6) is 17.2 Å². The highest BCUT2D eigenvalue weighted by Crippen LogP contribution is 2.48. The molecular weight excluding hydrogens is 444 g/mol. The molecule has 2 heterocycles. The zero-order valence-electron chi connectivity index (χ0n) is 20.0. The fraction of sp³-hybridized carbons (Fsp3) is 0.286. The van der Waals surface area contributed by atoms with Crippen molar-refractivity contribution in [3.63, 3.8) is 0 Å². The third kappa shape index (κ3) is 3.87. The Morgan fingerprint density at radius 3 is 2.37 bits per heavy atom. The van der Waals surface area contributed by atoms with Gasteiger partial charge in [-0.3, -0.25) is 9.59 Å². The van der Waals surface area contributed by atoms with Crippen molar-refractivity contribution in [3.05, 3.63) is 88.5 Å². The first-order chi connectivity index (χ1) is 17.1. The van der Waals surface area contributed by atoms with E-state index in [2.05, 4.69) is 5.32 Å². The lowest BCUT2D eigenvalue weighted by atomic mass is 9.75. The van der Waals surface area contributed by atoms with Crippen LogP contribution < -0.4 is 19.5 Å². The van der Waals surface area contributed by atoms with Gasteiger partial charge in [0.1, 0.15) is 5.75 Å². The summed E-state index contributed by atoms with van der Waals surface area (Å²) in [6.07, 6.45) is 0.676. The molecule has 0 bridgehead atoms. The van der Waals surface area contributed by atoms with Crippen molar-refractivity contribution >= 4 is 11.8 Å². The molecule has 0 spiro atoms. The first-order valence-corrected chi connectivity index (χ1v) is 11.6. The van der Waals surface area contributed by atoms with Gasteiger partial charge in [-0.15, -0.1) is 0 Å². The number of nitrogens with one attached hydrogen (secondary N) is 1. The molecule has 0 saturated heterocycles. The molecule has 2 amide bonds. The zero-order chi connectivity index (χ0) is 24.5. The fourth-order valence-corrected chi connectivity index (χ4v) is 5.28. The van der Waals surface area contributed by atoms with E-state index in [9.17, 15) is 9.59 Å². The first-order valence-electron chi connectivity index (χ1n) is 11.6. The van der Waals surface area contributed by atoms with E-state index < -0.39 is 12.0 Å². The van der Waals surface area contributed by atoms with Crippen LogP contribution in [-0.4, -0.2) is 44.6 Å². The number of carbonyl (C=O) groups excluding carboxylic acids is 2. The third-order valence-corrected chi connectivity index (χ3v) is 6.95. The highest BCUT2D eigenvalue weighted by atomic mass is 16.5. The number of ether oxygens (including phenoxy) is 3. The Hall–Kier alpha value is -4.00. The van der Waals surface area contributed by atoms with Gasteiger partial charge in [-0.05, 0) is 47.4 Å². The molecule has 1 N–H and O–H groups in total. The van der Waals surface area contributed by atoms with Gasteiger partial charge in [0.15, 0.2) is 11.5 Å². The maximum Gasteiger partial charge on any atom is 0.254 e. The first kappa shape index (κ1) is 22.8. The molecule has 0 fully saturated rings. The third-order valence-electron chi connectivity index (χ3n) is 6.95. The highest BCUT2D eigenvalue weighted by Gasteiger charge is 2.46. The number of rotatable bonds is 6. The summed E-state index contributed by atoms with van der Waals surface area (Å²) in [5.74, 6) is 1.16. The van der Waals surface area contributed by atoms with Gasteiger partial charge in [0, 0.05) is 24.2 Å². The maximum atomic E-state index is 13.8. The van der Waals surface area contributed by atoms with Gasteiger partial charge in [-0.25, -0.2) is 0 Å². The van der Waals surface area contributed by atoms with Crippen molar-refractivity contribution < 1.29 is 23.8 Å². The molecule has 35 heavy (non-hydrogen) atoms. The number of fused-ring (bicyclic) bond motifs is 4. The van der Waals surface area contributed by atoms with Gasteiger partial charge in [0.25, 0.3) is 5.91 Å². The molecule has 2 atom stereocenters. The zero-order valence-corrected chi connectivity index (χ0v) is 20.0. The van der Waals surface area contributed by atoms with E-state index in [4.69, 9.17) is 14.2 Å². The average Bonchev–Trinajstić information content (AvgIpc) is 2.91. The van der Waals surface area contributed by atoms with Crippen LogP contribution in [0.3, 0.4) is 0 Å². The van der Waals surface area contributed by atoms with Crippen molar-refractivity contribution in [2.24, 2.45) is 0 Å². The van der Waals surface area contributed by atoms with Gasteiger partial charge in [-0.2, -0.15) is 0 Å². The number of methoxy groups -OCH3 is 3. The minimum absolute atomic E-state index is 0.0557. The number of hydrogen-bond acceptors (Lipinski definition) is 5. The van der Waals surface area contributed by atoms with E-state index in [1.165, 1.54) is 0 Å². The number of carbonyl (C=O) groups is 2. The van der Waals surface area contributed by atoms with Gasteiger partial charge >= 0.3 is 0 Å². The van der Waals surface area contributed by atoms with E-state index in [0.29, 0.717) is 42.3 Å². The molecule has 2 aliphatic heterocycles.